The molecule has 7 nitrogen and oxygen atoms in total. The van der Waals surface area contributed by atoms with Crippen LogP contribution in [0.15, 0.2) is 39.9 Å². The summed E-state index contributed by atoms with van der Waals surface area (Å²) in [4.78, 5) is 28.8. The summed E-state index contributed by atoms with van der Waals surface area (Å²) in [5.74, 6) is -0.0119. The Balaban J connectivity index is 2.69. The second-order valence-electron chi connectivity index (χ2n) is 5.13. The highest BCUT2D eigenvalue weighted by Crippen LogP contribution is 2.31. The third-order valence-electron chi connectivity index (χ3n) is 3.79. The van der Waals surface area contributed by atoms with Crippen LogP contribution in [0.25, 0.3) is 22.2 Å². The van der Waals surface area contributed by atoms with Crippen molar-refractivity contribution in [3.63, 3.8) is 0 Å². The van der Waals surface area contributed by atoms with Crippen molar-refractivity contribution in [3.8, 4) is 17.2 Å². The molecule has 0 radical (unpaired) electrons. The number of hydrogen-bond acceptors (Lipinski definition) is 5. The van der Waals surface area contributed by atoms with E-state index < -0.39 is 11.2 Å². The Morgan fingerprint density at radius 1 is 1.13 bits per heavy atom. The number of nitrogens with two attached hydrogens (primary N) is 1. The van der Waals surface area contributed by atoms with Crippen LogP contribution >= 0.6 is 0 Å². The molecule has 2 aromatic heterocycles. The number of rotatable bonds is 1. The quantitative estimate of drug-likeness (QED) is 0.714. The molecule has 0 saturated carbocycles. The first kappa shape index (κ1) is 14.5. The van der Waals surface area contributed by atoms with Crippen molar-refractivity contribution in [1.29, 1.82) is 5.26 Å². The highest BCUT2D eigenvalue weighted by molar-refractivity contribution is 5.97. The largest absolute Gasteiger partial charge is 0.383 e. The predicted molar refractivity (Wildman–Crippen MR) is 86.8 cm³/mol. The summed E-state index contributed by atoms with van der Waals surface area (Å²) < 4.78 is 2.24. The topological polar surface area (TPSA) is 107 Å². The van der Waals surface area contributed by atoms with E-state index in [-0.39, 0.29) is 22.4 Å². The van der Waals surface area contributed by atoms with E-state index in [1.165, 1.54) is 18.7 Å². The molecule has 0 amide bonds. The van der Waals surface area contributed by atoms with E-state index in [0.29, 0.717) is 11.1 Å². The number of hydrogen-bond donors (Lipinski definition) is 1. The zero-order valence-corrected chi connectivity index (χ0v) is 12.6. The number of nitrogen functional groups attached to an aromatic ring is 1. The molecule has 0 spiro atoms. The Bertz CT molecular complexity index is 1090. The molecule has 2 heterocycles. The first-order valence-corrected chi connectivity index (χ1v) is 6.82. The number of pyridine rings is 1. The lowest BCUT2D eigenvalue weighted by atomic mass is 9.98. The van der Waals surface area contributed by atoms with E-state index in [0.717, 1.165) is 4.57 Å². The van der Waals surface area contributed by atoms with Crippen LogP contribution in [-0.4, -0.2) is 14.1 Å². The van der Waals surface area contributed by atoms with E-state index >= 15 is 0 Å². The standard InChI is InChI=1S/C16H13N5O2/c1-20-14-12(15(22)21(2)16(20)23)11(9-6-4-3-5-7-9)10(8-17)13(18)19-14/h3-7H,1-2H3,(H2,18,19). The maximum Gasteiger partial charge on any atom is 0.332 e. The van der Waals surface area contributed by atoms with Crippen LogP contribution in [0.4, 0.5) is 5.82 Å². The van der Waals surface area contributed by atoms with Gasteiger partial charge in [-0.15, -0.1) is 0 Å². The van der Waals surface area contributed by atoms with Gasteiger partial charge in [-0.05, 0) is 5.56 Å². The van der Waals surface area contributed by atoms with Crippen LogP contribution in [0.3, 0.4) is 0 Å². The van der Waals surface area contributed by atoms with Crippen molar-refractivity contribution in [2.75, 3.05) is 5.73 Å². The maximum atomic E-state index is 12.6. The number of fused-ring (bicyclic) bond motifs is 1. The molecule has 0 aliphatic rings. The molecular weight excluding hydrogens is 294 g/mol. The molecular formula is C16H13N5O2. The SMILES string of the molecule is Cn1c(=O)c2c(-c3ccccc3)c(C#N)c(N)nc2n(C)c1=O. The van der Waals surface area contributed by atoms with Crippen LogP contribution < -0.4 is 17.0 Å². The molecule has 3 aromatic rings. The van der Waals surface area contributed by atoms with E-state index in [2.05, 4.69) is 4.98 Å². The Labute approximate surface area is 130 Å². The van der Waals surface area contributed by atoms with Gasteiger partial charge in [0.15, 0.2) is 5.65 Å². The summed E-state index contributed by atoms with van der Waals surface area (Å²) in [6.45, 7) is 0. The van der Waals surface area contributed by atoms with Crippen molar-refractivity contribution in [2.24, 2.45) is 14.1 Å². The van der Waals surface area contributed by atoms with Gasteiger partial charge in [-0.1, -0.05) is 30.3 Å². The lowest BCUT2D eigenvalue weighted by Gasteiger charge is -2.13. The Morgan fingerprint density at radius 3 is 2.39 bits per heavy atom. The number of anilines is 1. The average Bonchev–Trinajstić information content (AvgIpc) is 2.57. The molecule has 2 N–H and O–H groups in total. The fraction of sp³-hybridized carbons (Fsp3) is 0.125. The molecule has 1 aromatic carbocycles. The van der Waals surface area contributed by atoms with Crippen LogP contribution in [0.2, 0.25) is 0 Å². The maximum absolute atomic E-state index is 12.6. The predicted octanol–water partition coefficient (Wildman–Crippen LogP) is 0.753. The molecule has 0 saturated heterocycles. The highest BCUT2D eigenvalue weighted by Gasteiger charge is 2.20. The molecule has 0 fully saturated rings. The van der Waals surface area contributed by atoms with Crippen molar-refractivity contribution < 1.29 is 0 Å². The van der Waals surface area contributed by atoms with Gasteiger partial charge >= 0.3 is 5.69 Å². The number of benzene rings is 1. The minimum atomic E-state index is -0.508. The summed E-state index contributed by atoms with van der Waals surface area (Å²) in [5.41, 5.74) is 6.22. The summed E-state index contributed by atoms with van der Waals surface area (Å²) >= 11 is 0. The second-order valence-corrected chi connectivity index (χ2v) is 5.13. The van der Waals surface area contributed by atoms with E-state index in [9.17, 15) is 14.9 Å². The van der Waals surface area contributed by atoms with Gasteiger partial charge in [-0.25, -0.2) is 9.78 Å². The number of aryl methyl sites for hydroxylation is 1. The minimum Gasteiger partial charge on any atom is -0.383 e. The third kappa shape index (κ3) is 2.00. The lowest BCUT2D eigenvalue weighted by Crippen LogP contribution is -2.37. The van der Waals surface area contributed by atoms with Crippen LogP contribution in [0, 0.1) is 11.3 Å². The van der Waals surface area contributed by atoms with Gasteiger partial charge in [0.05, 0.1) is 5.39 Å². The summed E-state index contributed by atoms with van der Waals surface area (Å²) in [7, 11) is 2.90. The van der Waals surface area contributed by atoms with Crippen LogP contribution in [-0.2, 0) is 14.1 Å². The highest BCUT2D eigenvalue weighted by atomic mass is 16.2. The van der Waals surface area contributed by atoms with Crippen LogP contribution in [0.1, 0.15) is 5.56 Å². The molecule has 7 heteroatoms. The lowest BCUT2D eigenvalue weighted by molar-refractivity contribution is 0.708. The van der Waals surface area contributed by atoms with Gasteiger partial charge in [-0.2, -0.15) is 5.26 Å². The second kappa shape index (κ2) is 5.10. The minimum absolute atomic E-state index is 0.0119. The van der Waals surface area contributed by atoms with Crippen molar-refractivity contribution in [3.05, 3.63) is 56.7 Å². The van der Waals surface area contributed by atoms with Gasteiger partial charge < -0.3 is 5.73 Å². The average molecular weight is 307 g/mol. The molecule has 0 aliphatic heterocycles. The molecule has 0 atom stereocenters. The molecule has 0 aliphatic carbocycles. The van der Waals surface area contributed by atoms with Crippen molar-refractivity contribution >= 4 is 16.9 Å². The smallest absolute Gasteiger partial charge is 0.332 e. The van der Waals surface area contributed by atoms with Gasteiger partial charge in [-0.3, -0.25) is 13.9 Å². The summed E-state index contributed by atoms with van der Waals surface area (Å²) in [6.07, 6.45) is 0. The Hall–Kier alpha value is -3.40. The summed E-state index contributed by atoms with van der Waals surface area (Å²) in [5, 5.41) is 9.66. The van der Waals surface area contributed by atoms with Gasteiger partial charge in [0.1, 0.15) is 17.5 Å². The summed E-state index contributed by atoms with van der Waals surface area (Å²) in [6, 6.07) is 11.0. The molecule has 114 valence electrons. The molecule has 23 heavy (non-hydrogen) atoms. The van der Waals surface area contributed by atoms with Gasteiger partial charge in [0.25, 0.3) is 5.56 Å². The normalized spacial score (nSPS) is 10.7. The first-order chi connectivity index (χ1) is 11.0. The number of nitrogens with zero attached hydrogens (tertiary/aromatic N) is 4. The zero-order valence-electron chi connectivity index (χ0n) is 12.6. The number of aromatic nitrogens is 3. The fourth-order valence-corrected chi connectivity index (χ4v) is 2.61. The van der Waals surface area contributed by atoms with Crippen molar-refractivity contribution in [2.45, 2.75) is 0 Å². The zero-order chi connectivity index (χ0) is 16.7. The monoisotopic (exact) mass is 307 g/mol. The number of nitriles is 1. The molecule has 0 bridgehead atoms. The molecule has 0 unspecified atom stereocenters. The van der Waals surface area contributed by atoms with Gasteiger partial charge in [0.2, 0.25) is 0 Å². The van der Waals surface area contributed by atoms with Gasteiger partial charge in [0, 0.05) is 19.7 Å². The van der Waals surface area contributed by atoms with E-state index in [1.54, 1.807) is 24.3 Å². The van der Waals surface area contributed by atoms with Crippen LogP contribution in [0.5, 0.6) is 0 Å². The van der Waals surface area contributed by atoms with Crippen molar-refractivity contribution in [1.82, 2.24) is 14.1 Å². The van der Waals surface area contributed by atoms with E-state index in [4.69, 9.17) is 5.73 Å². The first-order valence-electron chi connectivity index (χ1n) is 6.82. The third-order valence-corrected chi connectivity index (χ3v) is 3.79. The fourth-order valence-electron chi connectivity index (χ4n) is 2.61. The van der Waals surface area contributed by atoms with E-state index in [1.807, 2.05) is 12.1 Å². The Kier molecular flexibility index (Phi) is 3.22. The Morgan fingerprint density at radius 2 is 1.78 bits per heavy atom. The molecule has 3 rings (SSSR count).